The fourth-order valence-corrected chi connectivity index (χ4v) is 4.57. The molecule has 2 aromatic carbocycles. The number of halogens is 1. The van der Waals surface area contributed by atoms with Gasteiger partial charge in [-0.25, -0.2) is 9.07 Å². The van der Waals surface area contributed by atoms with Crippen molar-refractivity contribution in [1.82, 2.24) is 9.78 Å². The van der Waals surface area contributed by atoms with Gasteiger partial charge in [0, 0.05) is 21.6 Å². The number of carbonyl (C=O) groups excluding carboxylic acids is 1. The lowest BCUT2D eigenvalue weighted by atomic mass is 10.2. The van der Waals surface area contributed by atoms with Crippen molar-refractivity contribution in [2.24, 2.45) is 0 Å². The molecule has 0 saturated carbocycles. The molecular weight excluding hydrogens is 405 g/mol. The molecule has 0 bridgehead atoms. The van der Waals surface area contributed by atoms with Crippen molar-refractivity contribution in [3.63, 3.8) is 0 Å². The summed E-state index contributed by atoms with van der Waals surface area (Å²) in [5.41, 5.74) is 1.17. The minimum Gasteiger partial charge on any atom is -0.307 e. The van der Waals surface area contributed by atoms with Crippen LogP contribution in [-0.4, -0.2) is 15.7 Å². The van der Waals surface area contributed by atoms with Gasteiger partial charge < -0.3 is 5.32 Å². The van der Waals surface area contributed by atoms with Crippen molar-refractivity contribution in [2.45, 2.75) is 17.2 Å². The minimum atomic E-state index is -0.237. The molecule has 0 spiro atoms. The maximum absolute atomic E-state index is 13.9. The van der Waals surface area contributed by atoms with Crippen molar-refractivity contribution in [2.75, 3.05) is 5.32 Å². The quantitative estimate of drug-likeness (QED) is 0.389. The number of nitrogens with zero attached hydrogens (tertiary/aromatic N) is 2. The molecule has 4 aromatic rings. The zero-order valence-corrected chi connectivity index (χ0v) is 17.0. The number of amides is 1. The summed E-state index contributed by atoms with van der Waals surface area (Å²) in [6.07, 6.45) is 1.67. The molecule has 7 heteroatoms. The summed E-state index contributed by atoms with van der Waals surface area (Å²) in [5.74, 6) is 0.638. The maximum atomic E-state index is 13.9. The first-order valence-electron chi connectivity index (χ1n) is 9.01. The Bertz CT molecular complexity index is 1110. The van der Waals surface area contributed by atoms with Gasteiger partial charge >= 0.3 is 0 Å². The highest BCUT2D eigenvalue weighted by atomic mass is 32.2. The second-order valence-electron chi connectivity index (χ2n) is 6.28. The molecule has 0 aliphatic carbocycles. The number of hydrogen-bond acceptors (Lipinski definition) is 4. The van der Waals surface area contributed by atoms with Crippen LogP contribution in [0.25, 0.3) is 0 Å². The number of thioether (sulfide) groups is 1. The third kappa shape index (κ3) is 4.75. The smallest absolute Gasteiger partial charge is 0.257 e. The van der Waals surface area contributed by atoms with E-state index < -0.39 is 0 Å². The summed E-state index contributed by atoms with van der Waals surface area (Å²) in [6.45, 7) is 0.601. The summed E-state index contributed by atoms with van der Waals surface area (Å²) < 4.78 is 15.7. The molecule has 0 radical (unpaired) electrons. The van der Waals surface area contributed by atoms with Crippen LogP contribution in [-0.2, 0) is 12.3 Å². The monoisotopic (exact) mass is 423 g/mol. The van der Waals surface area contributed by atoms with Crippen LogP contribution in [0.4, 0.5) is 10.2 Å². The Morgan fingerprint density at radius 1 is 1.07 bits per heavy atom. The number of hydrogen-bond donors (Lipinski definition) is 1. The predicted octanol–water partition coefficient (Wildman–Crippen LogP) is 5.68. The van der Waals surface area contributed by atoms with Crippen LogP contribution in [0.15, 0.2) is 83.2 Å². The van der Waals surface area contributed by atoms with Crippen LogP contribution < -0.4 is 5.32 Å². The lowest BCUT2D eigenvalue weighted by molar-refractivity contribution is 0.102. The van der Waals surface area contributed by atoms with Gasteiger partial charge in [0.05, 0.1) is 18.3 Å². The Balaban J connectivity index is 1.49. The van der Waals surface area contributed by atoms with Crippen LogP contribution >= 0.6 is 23.1 Å². The summed E-state index contributed by atoms with van der Waals surface area (Å²) >= 11 is 3.09. The Kier molecular flexibility index (Phi) is 6.07. The summed E-state index contributed by atoms with van der Waals surface area (Å²) in [4.78, 5) is 14.9. The highest BCUT2D eigenvalue weighted by molar-refractivity contribution is 7.98. The van der Waals surface area contributed by atoms with E-state index in [0.29, 0.717) is 29.2 Å². The molecule has 146 valence electrons. The molecule has 4 rings (SSSR count). The van der Waals surface area contributed by atoms with Crippen molar-refractivity contribution in [3.8, 4) is 0 Å². The average Bonchev–Trinajstić information content (AvgIpc) is 3.40. The summed E-state index contributed by atoms with van der Waals surface area (Å²) in [5, 5.41) is 9.27. The molecule has 1 N–H and O–H groups in total. The Morgan fingerprint density at radius 2 is 1.90 bits per heavy atom. The van der Waals surface area contributed by atoms with Crippen LogP contribution in [0.1, 0.15) is 20.8 Å². The SMILES string of the molecule is O=C(Nc1ccnn1Cc1cccs1)c1ccccc1SCc1ccccc1F. The second-order valence-corrected chi connectivity index (χ2v) is 8.33. The molecule has 1 amide bonds. The zero-order chi connectivity index (χ0) is 20.1. The molecule has 0 atom stereocenters. The molecule has 0 saturated heterocycles. The van der Waals surface area contributed by atoms with Gasteiger partial charge in [-0.2, -0.15) is 5.10 Å². The molecule has 2 heterocycles. The fourth-order valence-electron chi connectivity index (χ4n) is 2.85. The van der Waals surface area contributed by atoms with Gasteiger partial charge in [-0.3, -0.25) is 4.79 Å². The molecule has 0 unspecified atom stereocenters. The van der Waals surface area contributed by atoms with E-state index in [4.69, 9.17) is 0 Å². The van der Waals surface area contributed by atoms with E-state index in [1.807, 2.05) is 41.8 Å². The number of benzene rings is 2. The largest absolute Gasteiger partial charge is 0.307 e. The number of nitrogens with one attached hydrogen (secondary N) is 1. The van der Waals surface area contributed by atoms with Gasteiger partial charge in [-0.15, -0.1) is 23.1 Å². The van der Waals surface area contributed by atoms with E-state index in [9.17, 15) is 9.18 Å². The zero-order valence-electron chi connectivity index (χ0n) is 15.4. The van der Waals surface area contributed by atoms with Crippen molar-refractivity contribution >= 4 is 34.8 Å². The summed E-state index contributed by atoms with van der Waals surface area (Å²) in [6, 6.07) is 19.8. The molecular formula is C22H18FN3OS2. The van der Waals surface area contributed by atoms with Gasteiger partial charge in [0.15, 0.2) is 0 Å². The molecule has 29 heavy (non-hydrogen) atoms. The highest BCUT2D eigenvalue weighted by Gasteiger charge is 2.15. The van der Waals surface area contributed by atoms with E-state index in [0.717, 1.165) is 9.77 Å². The number of thiophene rings is 1. The Hall–Kier alpha value is -2.90. The van der Waals surface area contributed by atoms with E-state index in [2.05, 4.69) is 10.4 Å². The van der Waals surface area contributed by atoms with E-state index >= 15 is 0 Å². The fraction of sp³-hybridized carbons (Fsp3) is 0.0909. The molecule has 0 fully saturated rings. The average molecular weight is 424 g/mol. The third-order valence-electron chi connectivity index (χ3n) is 4.32. The lowest BCUT2D eigenvalue weighted by Crippen LogP contribution is -2.16. The number of anilines is 1. The van der Waals surface area contributed by atoms with Crippen LogP contribution in [0.5, 0.6) is 0 Å². The van der Waals surface area contributed by atoms with Crippen molar-refractivity contribution in [3.05, 3.63) is 100 Å². The second kappa shape index (κ2) is 9.07. The molecule has 0 aliphatic heterocycles. The van der Waals surface area contributed by atoms with Crippen LogP contribution in [0.3, 0.4) is 0 Å². The Labute approximate surface area is 176 Å². The Morgan fingerprint density at radius 3 is 2.72 bits per heavy atom. The minimum absolute atomic E-state index is 0.213. The van der Waals surface area contributed by atoms with Crippen molar-refractivity contribution < 1.29 is 9.18 Å². The highest BCUT2D eigenvalue weighted by Crippen LogP contribution is 2.28. The topological polar surface area (TPSA) is 46.9 Å². The summed E-state index contributed by atoms with van der Waals surface area (Å²) in [7, 11) is 0. The first-order chi connectivity index (χ1) is 14.2. The molecule has 2 aromatic heterocycles. The lowest BCUT2D eigenvalue weighted by Gasteiger charge is -2.11. The molecule has 0 aliphatic rings. The number of rotatable bonds is 7. The predicted molar refractivity (Wildman–Crippen MR) is 116 cm³/mol. The van der Waals surface area contributed by atoms with E-state index in [1.54, 1.807) is 46.5 Å². The molecule has 4 nitrogen and oxygen atoms in total. The van der Waals surface area contributed by atoms with Crippen LogP contribution in [0.2, 0.25) is 0 Å². The van der Waals surface area contributed by atoms with Gasteiger partial charge in [-0.1, -0.05) is 36.4 Å². The van der Waals surface area contributed by atoms with E-state index in [-0.39, 0.29) is 11.7 Å². The third-order valence-corrected chi connectivity index (χ3v) is 6.30. The van der Waals surface area contributed by atoms with E-state index in [1.165, 1.54) is 17.8 Å². The van der Waals surface area contributed by atoms with Crippen molar-refractivity contribution in [1.29, 1.82) is 0 Å². The standard InChI is InChI=1S/C22H18FN3OS2/c23-19-9-3-1-6-16(19)15-29-20-10-4-2-8-18(20)22(27)25-21-11-12-24-26(21)14-17-7-5-13-28-17/h1-13H,14-15H2,(H,25,27). The van der Waals surface area contributed by atoms with Gasteiger partial charge in [0.1, 0.15) is 11.6 Å². The maximum Gasteiger partial charge on any atom is 0.257 e. The van der Waals surface area contributed by atoms with Crippen LogP contribution in [0, 0.1) is 5.82 Å². The number of carbonyl (C=O) groups is 1. The van der Waals surface area contributed by atoms with Gasteiger partial charge in [0.25, 0.3) is 5.91 Å². The van der Waals surface area contributed by atoms with Gasteiger partial charge in [-0.05, 0) is 35.2 Å². The first-order valence-corrected chi connectivity index (χ1v) is 10.9. The van der Waals surface area contributed by atoms with Gasteiger partial charge in [0.2, 0.25) is 0 Å². The first kappa shape index (κ1) is 19.4. The normalized spacial score (nSPS) is 10.8. The number of aromatic nitrogens is 2.